The lowest BCUT2D eigenvalue weighted by Crippen LogP contribution is -2.48. The largest absolute Gasteiger partial charge is 0.389 e. The third-order valence-electron chi connectivity index (χ3n) is 5.54. The molecule has 5 N–H and O–H groups in total. The molecule has 0 fully saturated rings. The molecule has 0 saturated carbocycles. The molecule has 1 unspecified atom stereocenters. The van der Waals surface area contributed by atoms with Crippen LogP contribution in [0.25, 0.3) is 22.3 Å². The Bertz CT molecular complexity index is 1060. The molecule has 0 aliphatic carbocycles. The smallest absolute Gasteiger partial charge is 0.0999 e. The molecular weight excluding hydrogens is 392 g/mol. The maximum atomic E-state index is 10.00. The van der Waals surface area contributed by atoms with Crippen molar-refractivity contribution in [2.45, 2.75) is 58.2 Å². The zero-order valence-electron chi connectivity index (χ0n) is 18.6. The first-order chi connectivity index (χ1) is 14.8. The monoisotopic (exact) mass is 424 g/mol. The molecule has 31 heavy (non-hydrogen) atoms. The minimum Gasteiger partial charge on any atom is -0.389 e. The average Bonchev–Trinajstić information content (AvgIpc) is 3.40. The van der Waals surface area contributed by atoms with Crippen LogP contribution in [0.4, 0.5) is 0 Å². The zero-order chi connectivity index (χ0) is 22.6. The van der Waals surface area contributed by atoms with Gasteiger partial charge in [-0.15, -0.1) is 0 Å². The van der Waals surface area contributed by atoms with E-state index in [1.165, 1.54) is 6.21 Å². The Morgan fingerprint density at radius 1 is 1.29 bits per heavy atom. The van der Waals surface area contributed by atoms with Gasteiger partial charge in [-0.25, -0.2) is 9.50 Å². The van der Waals surface area contributed by atoms with Gasteiger partial charge in [0.2, 0.25) is 0 Å². The Labute approximate surface area is 182 Å². The second-order valence-electron chi connectivity index (χ2n) is 8.23. The van der Waals surface area contributed by atoms with Gasteiger partial charge >= 0.3 is 0 Å². The van der Waals surface area contributed by atoms with Crippen LogP contribution in [-0.4, -0.2) is 53.9 Å². The van der Waals surface area contributed by atoms with Gasteiger partial charge in [-0.1, -0.05) is 13.8 Å². The first kappa shape index (κ1) is 22.6. The molecule has 3 aromatic rings. The third kappa shape index (κ3) is 5.00. The molecule has 0 aliphatic rings. The van der Waals surface area contributed by atoms with Crippen molar-refractivity contribution < 1.29 is 5.11 Å². The molecular formula is C22H32N8O. The van der Waals surface area contributed by atoms with Crippen LogP contribution in [0.15, 0.2) is 37.1 Å². The van der Waals surface area contributed by atoms with Crippen molar-refractivity contribution in [3.63, 3.8) is 0 Å². The Hall–Kier alpha value is -3.04. The van der Waals surface area contributed by atoms with E-state index in [9.17, 15) is 5.11 Å². The molecule has 0 aliphatic heterocycles. The van der Waals surface area contributed by atoms with E-state index in [1.54, 1.807) is 37.0 Å². The average molecular weight is 425 g/mol. The highest BCUT2D eigenvalue weighted by Gasteiger charge is 2.22. The summed E-state index contributed by atoms with van der Waals surface area (Å²) in [5.74, 6) is 0. The lowest BCUT2D eigenvalue weighted by Gasteiger charge is -2.25. The van der Waals surface area contributed by atoms with E-state index in [0.29, 0.717) is 23.9 Å². The molecule has 166 valence electrons. The number of aliphatic hydroxyl groups is 1. The van der Waals surface area contributed by atoms with Gasteiger partial charge in [-0.05, 0) is 32.8 Å². The minimum absolute atomic E-state index is 0.346. The van der Waals surface area contributed by atoms with Crippen LogP contribution in [0, 0.1) is 5.41 Å². The highest BCUT2D eigenvalue weighted by Crippen LogP contribution is 2.26. The number of nitrogens with two attached hydrogens (primary N) is 1. The van der Waals surface area contributed by atoms with Gasteiger partial charge in [0.1, 0.15) is 0 Å². The number of hydrogen-bond acceptors (Lipinski definition) is 7. The quantitative estimate of drug-likeness (QED) is 0.370. The molecule has 9 heteroatoms. The van der Waals surface area contributed by atoms with Gasteiger partial charge in [0.25, 0.3) is 0 Å². The van der Waals surface area contributed by atoms with Crippen molar-refractivity contribution >= 4 is 17.3 Å². The summed E-state index contributed by atoms with van der Waals surface area (Å²) < 4.78 is 3.75. The predicted molar refractivity (Wildman–Crippen MR) is 123 cm³/mol. The van der Waals surface area contributed by atoms with Gasteiger partial charge in [-0.2, -0.15) is 10.2 Å². The molecule has 3 heterocycles. The van der Waals surface area contributed by atoms with Crippen LogP contribution in [0.3, 0.4) is 0 Å². The highest BCUT2D eigenvalue weighted by molar-refractivity contribution is 6.07. The van der Waals surface area contributed by atoms with Gasteiger partial charge < -0.3 is 21.6 Å². The molecule has 3 rings (SSSR count). The van der Waals surface area contributed by atoms with Crippen LogP contribution in [-0.2, 0) is 0 Å². The van der Waals surface area contributed by atoms with Crippen molar-refractivity contribution in [1.82, 2.24) is 29.7 Å². The summed E-state index contributed by atoms with van der Waals surface area (Å²) >= 11 is 0. The second-order valence-corrected chi connectivity index (χ2v) is 8.23. The predicted octanol–water partition coefficient (Wildman–Crippen LogP) is 2.63. The molecule has 0 aromatic carbocycles. The topological polar surface area (TPSA) is 130 Å². The highest BCUT2D eigenvalue weighted by atomic mass is 16.3. The van der Waals surface area contributed by atoms with E-state index in [2.05, 4.69) is 29.4 Å². The standard InChI is InChI=1S/C22H32N8O/c1-5-17(6-2)29-13-16(11-27-29)21-19-7-8-26-30(19)14-18(28-21)15(9-23)10-25-12-20(24)22(3,4)31/h7-11,13-14,17,20,23,25,31H,5-6,12,24H2,1-4H3/b15-10+,23-9?. The van der Waals surface area contributed by atoms with E-state index in [4.69, 9.17) is 16.1 Å². The summed E-state index contributed by atoms with van der Waals surface area (Å²) in [5, 5.41) is 29.9. The first-order valence-electron chi connectivity index (χ1n) is 10.6. The fraction of sp³-hybridized carbons (Fsp3) is 0.455. The van der Waals surface area contributed by atoms with Gasteiger partial charge in [-0.3, -0.25) is 4.68 Å². The Morgan fingerprint density at radius 2 is 2.03 bits per heavy atom. The number of rotatable bonds is 10. The molecule has 0 amide bonds. The number of nitrogens with zero attached hydrogens (tertiary/aromatic N) is 5. The summed E-state index contributed by atoms with van der Waals surface area (Å²) in [6.45, 7) is 8.01. The Kier molecular flexibility index (Phi) is 6.87. The van der Waals surface area contributed by atoms with E-state index in [-0.39, 0.29) is 0 Å². The van der Waals surface area contributed by atoms with Crippen LogP contribution < -0.4 is 11.1 Å². The summed E-state index contributed by atoms with van der Waals surface area (Å²) in [7, 11) is 0. The minimum atomic E-state index is -1.000. The lowest BCUT2D eigenvalue weighted by molar-refractivity contribution is 0.0531. The fourth-order valence-corrected chi connectivity index (χ4v) is 3.34. The number of nitrogens with one attached hydrogen (secondary N) is 2. The number of hydrogen-bond donors (Lipinski definition) is 4. The second kappa shape index (κ2) is 9.40. The van der Waals surface area contributed by atoms with Crippen molar-refractivity contribution in [2.24, 2.45) is 5.73 Å². The summed E-state index contributed by atoms with van der Waals surface area (Å²) in [6, 6.07) is 1.80. The van der Waals surface area contributed by atoms with E-state index in [1.807, 2.05) is 23.1 Å². The molecule has 0 bridgehead atoms. The molecule has 0 spiro atoms. The summed E-state index contributed by atoms with van der Waals surface area (Å²) in [5.41, 5.74) is 8.70. The molecule has 0 saturated heterocycles. The lowest BCUT2D eigenvalue weighted by atomic mass is 10.0. The maximum Gasteiger partial charge on any atom is 0.0999 e. The van der Waals surface area contributed by atoms with Crippen molar-refractivity contribution in [3.05, 3.63) is 42.7 Å². The SMILES string of the molecule is CCC(CC)n1cc(-c2nc(/C(C=N)=C/NCC(N)C(C)(C)O)cn3nccc23)cn1. The van der Waals surface area contributed by atoms with E-state index in [0.717, 1.165) is 29.6 Å². The van der Waals surface area contributed by atoms with Crippen LogP contribution in [0.2, 0.25) is 0 Å². The third-order valence-corrected chi connectivity index (χ3v) is 5.54. The normalized spacial score (nSPS) is 13.7. The zero-order valence-corrected chi connectivity index (χ0v) is 18.6. The first-order valence-corrected chi connectivity index (χ1v) is 10.6. The van der Waals surface area contributed by atoms with Crippen molar-refractivity contribution in [3.8, 4) is 11.3 Å². The maximum absolute atomic E-state index is 10.00. The molecule has 1 atom stereocenters. The van der Waals surface area contributed by atoms with Crippen LogP contribution in [0.1, 0.15) is 52.3 Å². The van der Waals surface area contributed by atoms with Crippen molar-refractivity contribution in [1.29, 1.82) is 5.41 Å². The number of fused-ring (bicyclic) bond motifs is 1. The Balaban J connectivity index is 1.96. The molecule has 9 nitrogen and oxygen atoms in total. The van der Waals surface area contributed by atoms with E-state index >= 15 is 0 Å². The van der Waals surface area contributed by atoms with Gasteiger partial charge in [0.05, 0.1) is 53.2 Å². The Morgan fingerprint density at radius 3 is 2.68 bits per heavy atom. The summed E-state index contributed by atoms with van der Waals surface area (Å²) in [6.07, 6.45) is 12.3. The number of aromatic nitrogens is 5. The van der Waals surface area contributed by atoms with Gasteiger partial charge in [0, 0.05) is 36.3 Å². The molecule has 0 radical (unpaired) electrons. The van der Waals surface area contributed by atoms with Crippen molar-refractivity contribution in [2.75, 3.05) is 6.54 Å². The number of allylic oxidation sites excluding steroid dienone is 1. The summed E-state index contributed by atoms with van der Waals surface area (Å²) in [4.78, 5) is 4.83. The van der Waals surface area contributed by atoms with E-state index < -0.39 is 11.6 Å². The molecule has 3 aromatic heterocycles. The van der Waals surface area contributed by atoms with Gasteiger partial charge in [0.15, 0.2) is 0 Å². The van der Waals surface area contributed by atoms with Crippen LogP contribution in [0.5, 0.6) is 0 Å². The fourth-order valence-electron chi connectivity index (χ4n) is 3.34. The van der Waals surface area contributed by atoms with Crippen LogP contribution >= 0.6 is 0 Å².